The summed E-state index contributed by atoms with van der Waals surface area (Å²) in [6.07, 6.45) is 0.710. The van der Waals surface area contributed by atoms with Crippen molar-refractivity contribution in [3.8, 4) is 0 Å². The van der Waals surface area contributed by atoms with Crippen molar-refractivity contribution in [2.45, 2.75) is 32.6 Å². The Bertz CT molecular complexity index is 872. The Kier molecular flexibility index (Phi) is 3.57. The van der Waals surface area contributed by atoms with Crippen molar-refractivity contribution < 1.29 is 0 Å². The molecule has 3 heteroatoms. The third kappa shape index (κ3) is 2.80. The van der Waals surface area contributed by atoms with E-state index in [-0.39, 0.29) is 11.0 Å². The lowest BCUT2D eigenvalue weighted by Crippen LogP contribution is -2.13. The van der Waals surface area contributed by atoms with E-state index in [9.17, 15) is 4.79 Å². The van der Waals surface area contributed by atoms with Gasteiger partial charge in [0.25, 0.3) is 5.56 Å². The van der Waals surface area contributed by atoms with E-state index < -0.39 is 0 Å². The lowest BCUT2D eigenvalue weighted by atomic mass is 9.86. The van der Waals surface area contributed by atoms with Gasteiger partial charge in [-0.05, 0) is 22.6 Å². The van der Waals surface area contributed by atoms with Crippen molar-refractivity contribution in [3.63, 3.8) is 0 Å². The quantitative estimate of drug-likeness (QED) is 0.780. The van der Waals surface area contributed by atoms with E-state index in [1.807, 2.05) is 24.3 Å². The Morgan fingerprint density at radius 3 is 2.45 bits per heavy atom. The fourth-order valence-corrected chi connectivity index (χ4v) is 2.65. The molecule has 0 spiro atoms. The van der Waals surface area contributed by atoms with Gasteiger partial charge in [0.15, 0.2) is 0 Å². The summed E-state index contributed by atoms with van der Waals surface area (Å²) in [6, 6.07) is 16.2. The highest BCUT2D eigenvalue weighted by molar-refractivity contribution is 5.83. The van der Waals surface area contributed by atoms with Crippen LogP contribution in [0.4, 0.5) is 0 Å². The molecule has 0 amide bonds. The van der Waals surface area contributed by atoms with Gasteiger partial charge in [0.2, 0.25) is 0 Å². The molecule has 112 valence electrons. The van der Waals surface area contributed by atoms with Crippen LogP contribution in [-0.2, 0) is 11.8 Å². The van der Waals surface area contributed by atoms with Crippen molar-refractivity contribution in [1.29, 1.82) is 0 Å². The molecule has 0 radical (unpaired) electrons. The lowest BCUT2D eigenvalue weighted by molar-refractivity contribution is 0.589. The summed E-state index contributed by atoms with van der Waals surface area (Å²) in [5.41, 5.74) is 3.40. The van der Waals surface area contributed by atoms with Gasteiger partial charge >= 0.3 is 0 Å². The smallest absolute Gasteiger partial charge is 0.267 e. The molecule has 1 N–H and O–H groups in total. The zero-order valence-electron chi connectivity index (χ0n) is 13.2. The molecular weight excluding hydrogens is 272 g/mol. The zero-order chi connectivity index (χ0) is 15.7. The van der Waals surface area contributed by atoms with Crippen molar-refractivity contribution in [3.05, 3.63) is 75.7 Å². The van der Waals surface area contributed by atoms with Gasteiger partial charge in [0.1, 0.15) is 0 Å². The van der Waals surface area contributed by atoms with Crippen LogP contribution in [0.5, 0.6) is 0 Å². The van der Waals surface area contributed by atoms with Crippen LogP contribution < -0.4 is 5.56 Å². The number of aromatic nitrogens is 2. The summed E-state index contributed by atoms with van der Waals surface area (Å²) < 4.78 is 0. The molecule has 22 heavy (non-hydrogen) atoms. The minimum absolute atomic E-state index is 0.122. The fourth-order valence-electron chi connectivity index (χ4n) is 2.65. The minimum atomic E-state index is -0.136. The van der Waals surface area contributed by atoms with Crippen molar-refractivity contribution in [1.82, 2.24) is 10.2 Å². The normalized spacial score (nSPS) is 11.8. The maximum absolute atomic E-state index is 11.9. The van der Waals surface area contributed by atoms with E-state index in [1.54, 1.807) is 0 Å². The van der Waals surface area contributed by atoms with Gasteiger partial charge in [0, 0.05) is 11.8 Å². The van der Waals surface area contributed by atoms with Crippen LogP contribution in [0, 0.1) is 0 Å². The predicted octanol–water partition coefficient (Wildman–Crippen LogP) is 3.81. The number of hydrogen-bond donors (Lipinski definition) is 1. The van der Waals surface area contributed by atoms with E-state index in [0.717, 1.165) is 11.1 Å². The van der Waals surface area contributed by atoms with Crippen molar-refractivity contribution >= 4 is 10.8 Å². The van der Waals surface area contributed by atoms with Gasteiger partial charge in [-0.1, -0.05) is 63.2 Å². The second kappa shape index (κ2) is 5.41. The molecule has 2 aromatic carbocycles. The summed E-state index contributed by atoms with van der Waals surface area (Å²) >= 11 is 0. The van der Waals surface area contributed by atoms with Crippen LogP contribution in [0.3, 0.4) is 0 Å². The Morgan fingerprint density at radius 1 is 1.00 bits per heavy atom. The topological polar surface area (TPSA) is 45.8 Å². The molecule has 3 nitrogen and oxygen atoms in total. The molecule has 0 saturated carbocycles. The number of fused-ring (bicyclic) bond motifs is 1. The van der Waals surface area contributed by atoms with E-state index in [2.05, 4.69) is 55.2 Å². The predicted molar refractivity (Wildman–Crippen MR) is 90.3 cm³/mol. The van der Waals surface area contributed by atoms with Gasteiger partial charge in [-0.3, -0.25) is 4.79 Å². The highest BCUT2D eigenvalue weighted by Crippen LogP contribution is 2.24. The summed E-state index contributed by atoms with van der Waals surface area (Å²) in [6.45, 7) is 6.62. The van der Waals surface area contributed by atoms with Gasteiger partial charge < -0.3 is 0 Å². The number of benzene rings is 2. The molecule has 0 atom stereocenters. The first-order valence-electron chi connectivity index (χ1n) is 7.51. The molecular formula is C19H20N2O. The van der Waals surface area contributed by atoms with Crippen LogP contribution in [0.15, 0.2) is 53.3 Å². The molecule has 0 aliphatic carbocycles. The number of H-pyrrole nitrogens is 1. The Hall–Kier alpha value is -2.42. The Labute approximate surface area is 130 Å². The molecule has 3 aromatic rings. The minimum Gasteiger partial charge on any atom is -0.267 e. The molecule has 0 saturated heterocycles. The first-order chi connectivity index (χ1) is 10.4. The third-order valence-corrected chi connectivity index (χ3v) is 3.94. The highest BCUT2D eigenvalue weighted by atomic mass is 16.1. The molecule has 0 aliphatic heterocycles. The summed E-state index contributed by atoms with van der Waals surface area (Å²) in [4.78, 5) is 11.9. The number of rotatable bonds is 2. The number of aromatic amines is 1. The standard InChI is InChI=1S/C19H20N2O/c1-19(2,3)14-8-6-7-13(11-14)12-17-15-9-4-5-10-16(15)18(22)21-20-17/h4-11H,12H2,1-3H3,(H,21,22). The van der Waals surface area contributed by atoms with Gasteiger partial charge in [-0.15, -0.1) is 0 Å². The molecule has 3 rings (SSSR count). The maximum atomic E-state index is 11.9. The third-order valence-electron chi connectivity index (χ3n) is 3.94. The van der Waals surface area contributed by atoms with Gasteiger partial charge in [-0.25, -0.2) is 5.10 Å². The average molecular weight is 292 g/mol. The second-order valence-electron chi connectivity index (χ2n) is 6.67. The number of nitrogens with one attached hydrogen (secondary N) is 1. The summed E-state index contributed by atoms with van der Waals surface area (Å²) in [5, 5.41) is 8.48. The Balaban J connectivity index is 2.04. The molecule has 0 unspecified atom stereocenters. The van der Waals surface area contributed by atoms with E-state index in [4.69, 9.17) is 0 Å². The molecule has 0 bridgehead atoms. The van der Waals surface area contributed by atoms with Crippen LogP contribution in [0.25, 0.3) is 10.8 Å². The molecule has 1 aromatic heterocycles. The fraction of sp³-hybridized carbons (Fsp3) is 0.263. The zero-order valence-corrected chi connectivity index (χ0v) is 13.2. The maximum Gasteiger partial charge on any atom is 0.272 e. The van der Waals surface area contributed by atoms with Gasteiger partial charge in [0.05, 0.1) is 11.1 Å². The SMILES string of the molecule is CC(C)(C)c1cccc(Cc2n[nH]c(=O)c3ccccc23)c1. The van der Waals surface area contributed by atoms with Crippen LogP contribution in [0.1, 0.15) is 37.6 Å². The van der Waals surface area contributed by atoms with E-state index in [1.165, 1.54) is 11.1 Å². The average Bonchev–Trinajstić information content (AvgIpc) is 2.50. The van der Waals surface area contributed by atoms with Gasteiger partial charge in [-0.2, -0.15) is 5.10 Å². The van der Waals surface area contributed by atoms with Crippen LogP contribution >= 0.6 is 0 Å². The highest BCUT2D eigenvalue weighted by Gasteiger charge is 2.14. The summed E-state index contributed by atoms with van der Waals surface area (Å²) in [5.74, 6) is 0. The van der Waals surface area contributed by atoms with E-state index in [0.29, 0.717) is 11.8 Å². The summed E-state index contributed by atoms with van der Waals surface area (Å²) in [7, 11) is 0. The first-order valence-corrected chi connectivity index (χ1v) is 7.51. The number of hydrogen-bond acceptors (Lipinski definition) is 2. The Morgan fingerprint density at radius 2 is 1.73 bits per heavy atom. The monoisotopic (exact) mass is 292 g/mol. The largest absolute Gasteiger partial charge is 0.272 e. The van der Waals surface area contributed by atoms with Crippen LogP contribution in [0.2, 0.25) is 0 Å². The van der Waals surface area contributed by atoms with Crippen LogP contribution in [-0.4, -0.2) is 10.2 Å². The molecule has 0 aliphatic rings. The molecule has 1 heterocycles. The lowest BCUT2D eigenvalue weighted by Gasteiger charge is -2.19. The second-order valence-corrected chi connectivity index (χ2v) is 6.67. The van der Waals surface area contributed by atoms with Crippen molar-refractivity contribution in [2.24, 2.45) is 0 Å². The van der Waals surface area contributed by atoms with Crippen molar-refractivity contribution in [2.75, 3.05) is 0 Å². The first kappa shape index (κ1) is 14.5. The molecule has 0 fully saturated rings. The number of nitrogens with zero attached hydrogens (tertiary/aromatic N) is 1. The van der Waals surface area contributed by atoms with E-state index >= 15 is 0 Å².